The molecular formula is C11H19N3S. The van der Waals surface area contributed by atoms with E-state index in [-0.39, 0.29) is 0 Å². The summed E-state index contributed by atoms with van der Waals surface area (Å²) in [7, 11) is 0. The van der Waals surface area contributed by atoms with Crippen LogP contribution >= 0.6 is 11.3 Å². The van der Waals surface area contributed by atoms with Crippen LogP contribution in [0.3, 0.4) is 0 Å². The Morgan fingerprint density at radius 3 is 2.93 bits per heavy atom. The van der Waals surface area contributed by atoms with Gasteiger partial charge in [0.15, 0.2) is 0 Å². The Morgan fingerprint density at radius 1 is 1.33 bits per heavy atom. The third-order valence-corrected chi connectivity index (χ3v) is 3.92. The summed E-state index contributed by atoms with van der Waals surface area (Å²) in [4.78, 5) is 8.45. The van der Waals surface area contributed by atoms with Crippen LogP contribution in [0.25, 0.3) is 0 Å². The molecule has 0 spiro atoms. The Labute approximate surface area is 95.5 Å². The number of hydrogen-bond donors (Lipinski definition) is 1. The summed E-state index contributed by atoms with van der Waals surface area (Å²) >= 11 is 1.84. The van der Waals surface area contributed by atoms with Crippen molar-refractivity contribution in [3.8, 4) is 0 Å². The van der Waals surface area contributed by atoms with Crippen LogP contribution in [0.15, 0.2) is 0 Å². The normalized spacial score (nSPS) is 19.1. The summed E-state index contributed by atoms with van der Waals surface area (Å²) in [6.07, 6.45) is 1.25. The second-order valence-corrected chi connectivity index (χ2v) is 5.42. The molecule has 0 bridgehead atoms. The molecule has 0 aliphatic carbocycles. The Bertz CT molecular complexity index is 294. The quantitative estimate of drug-likeness (QED) is 0.828. The van der Waals surface area contributed by atoms with E-state index in [2.05, 4.69) is 29.0 Å². The summed E-state index contributed by atoms with van der Waals surface area (Å²) in [5.74, 6) is 0. The molecule has 0 amide bonds. The molecule has 1 aromatic rings. The Balaban J connectivity index is 1.95. The van der Waals surface area contributed by atoms with Crippen LogP contribution in [0.2, 0.25) is 0 Å². The lowest BCUT2D eigenvalue weighted by molar-refractivity contribution is 0.284. The van der Waals surface area contributed by atoms with Gasteiger partial charge in [-0.3, -0.25) is 4.90 Å². The number of thiazole rings is 1. The highest BCUT2D eigenvalue weighted by Gasteiger charge is 2.11. The van der Waals surface area contributed by atoms with Crippen molar-refractivity contribution < 1.29 is 0 Å². The van der Waals surface area contributed by atoms with Gasteiger partial charge in [-0.25, -0.2) is 4.98 Å². The molecule has 0 radical (unpaired) electrons. The molecule has 1 aliphatic rings. The van der Waals surface area contributed by atoms with Gasteiger partial charge in [-0.05, 0) is 33.4 Å². The van der Waals surface area contributed by atoms with Crippen LogP contribution in [0.1, 0.15) is 22.0 Å². The highest BCUT2D eigenvalue weighted by Crippen LogP contribution is 2.18. The smallest absolute Gasteiger partial charge is 0.107 e. The van der Waals surface area contributed by atoms with Gasteiger partial charge in [0, 0.05) is 18.0 Å². The topological polar surface area (TPSA) is 28.2 Å². The van der Waals surface area contributed by atoms with Crippen molar-refractivity contribution in [3.63, 3.8) is 0 Å². The lowest BCUT2D eigenvalue weighted by atomic mass is 10.4. The van der Waals surface area contributed by atoms with Crippen molar-refractivity contribution in [2.24, 2.45) is 0 Å². The van der Waals surface area contributed by atoms with Crippen LogP contribution < -0.4 is 5.32 Å². The monoisotopic (exact) mass is 225 g/mol. The zero-order valence-electron chi connectivity index (χ0n) is 9.55. The molecule has 1 aromatic heterocycles. The molecule has 1 fully saturated rings. The van der Waals surface area contributed by atoms with Crippen molar-refractivity contribution in [1.29, 1.82) is 0 Å². The molecule has 1 saturated heterocycles. The Hall–Kier alpha value is -0.450. The number of rotatable bonds is 2. The third kappa shape index (κ3) is 3.00. The maximum absolute atomic E-state index is 4.59. The minimum Gasteiger partial charge on any atom is -0.315 e. The second kappa shape index (κ2) is 5.05. The average Bonchev–Trinajstić information content (AvgIpc) is 2.45. The van der Waals surface area contributed by atoms with Gasteiger partial charge in [0.25, 0.3) is 0 Å². The number of hydrogen-bond acceptors (Lipinski definition) is 4. The predicted octanol–water partition coefficient (Wildman–Crippen LogP) is 1.56. The van der Waals surface area contributed by atoms with E-state index in [0.29, 0.717) is 0 Å². The number of nitrogens with zero attached hydrogens (tertiary/aromatic N) is 2. The van der Waals surface area contributed by atoms with E-state index in [1.54, 1.807) is 0 Å². The standard InChI is InChI=1S/C11H19N3S/c1-9-10(2)15-11(13-9)8-14-6-3-4-12-5-7-14/h12H,3-8H2,1-2H3. The molecule has 15 heavy (non-hydrogen) atoms. The van der Waals surface area contributed by atoms with Gasteiger partial charge in [-0.2, -0.15) is 0 Å². The first-order valence-corrected chi connectivity index (χ1v) is 6.43. The Morgan fingerprint density at radius 2 is 2.20 bits per heavy atom. The fourth-order valence-electron chi connectivity index (χ4n) is 1.86. The van der Waals surface area contributed by atoms with Crippen LogP contribution in [-0.2, 0) is 6.54 Å². The van der Waals surface area contributed by atoms with Crippen molar-refractivity contribution in [2.45, 2.75) is 26.8 Å². The van der Waals surface area contributed by atoms with E-state index in [1.807, 2.05) is 11.3 Å². The van der Waals surface area contributed by atoms with Crippen LogP contribution in [0.4, 0.5) is 0 Å². The summed E-state index contributed by atoms with van der Waals surface area (Å²) in [5, 5.41) is 4.69. The van der Waals surface area contributed by atoms with Crippen LogP contribution in [0, 0.1) is 13.8 Å². The van der Waals surface area contributed by atoms with Gasteiger partial charge in [0.1, 0.15) is 5.01 Å². The maximum atomic E-state index is 4.59. The summed E-state index contributed by atoms with van der Waals surface area (Å²) in [5.41, 5.74) is 1.20. The van der Waals surface area contributed by atoms with Crippen molar-refractivity contribution in [1.82, 2.24) is 15.2 Å². The molecule has 0 unspecified atom stereocenters. The molecule has 84 valence electrons. The molecule has 1 aliphatic heterocycles. The maximum Gasteiger partial charge on any atom is 0.107 e. The summed E-state index contributed by atoms with van der Waals surface area (Å²) in [6, 6.07) is 0. The van der Waals surface area contributed by atoms with Crippen LogP contribution in [-0.4, -0.2) is 36.1 Å². The number of aromatic nitrogens is 1. The minimum atomic E-state index is 1.03. The molecule has 2 rings (SSSR count). The molecule has 0 atom stereocenters. The Kier molecular flexibility index (Phi) is 3.72. The average molecular weight is 225 g/mol. The molecule has 4 heteroatoms. The van der Waals surface area contributed by atoms with E-state index in [1.165, 1.54) is 28.5 Å². The fraction of sp³-hybridized carbons (Fsp3) is 0.727. The second-order valence-electron chi connectivity index (χ2n) is 4.13. The predicted molar refractivity (Wildman–Crippen MR) is 64.4 cm³/mol. The SMILES string of the molecule is Cc1nc(CN2CCCNCC2)sc1C. The van der Waals surface area contributed by atoms with E-state index < -0.39 is 0 Å². The van der Waals surface area contributed by atoms with E-state index in [9.17, 15) is 0 Å². The van der Waals surface area contributed by atoms with Gasteiger partial charge >= 0.3 is 0 Å². The van der Waals surface area contributed by atoms with E-state index in [0.717, 1.165) is 26.2 Å². The lowest BCUT2D eigenvalue weighted by Gasteiger charge is -2.17. The van der Waals surface area contributed by atoms with Crippen molar-refractivity contribution in [3.05, 3.63) is 15.6 Å². The molecule has 2 heterocycles. The molecular weight excluding hydrogens is 206 g/mol. The molecule has 3 nitrogen and oxygen atoms in total. The highest BCUT2D eigenvalue weighted by molar-refractivity contribution is 7.11. The summed E-state index contributed by atoms with van der Waals surface area (Å²) in [6.45, 7) is 9.90. The van der Waals surface area contributed by atoms with Gasteiger partial charge in [-0.15, -0.1) is 11.3 Å². The summed E-state index contributed by atoms with van der Waals surface area (Å²) < 4.78 is 0. The van der Waals surface area contributed by atoms with Crippen LogP contribution in [0.5, 0.6) is 0 Å². The third-order valence-electron chi connectivity index (χ3n) is 2.86. The first kappa shape index (κ1) is 11.0. The van der Waals surface area contributed by atoms with Gasteiger partial charge < -0.3 is 5.32 Å². The fourth-order valence-corrected chi connectivity index (χ4v) is 2.83. The molecule has 0 saturated carbocycles. The first-order chi connectivity index (χ1) is 7.25. The zero-order chi connectivity index (χ0) is 10.7. The number of nitrogens with one attached hydrogen (secondary N) is 1. The van der Waals surface area contributed by atoms with Gasteiger partial charge in [0.2, 0.25) is 0 Å². The lowest BCUT2D eigenvalue weighted by Crippen LogP contribution is -2.27. The van der Waals surface area contributed by atoms with Crippen molar-refractivity contribution >= 4 is 11.3 Å². The largest absolute Gasteiger partial charge is 0.315 e. The van der Waals surface area contributed by atoms with E-state index in [4.69, 9.17) is 0 Å². The first-order valence-electron chi connectivity index (χ1n) is 5.61. The highest BCUT2D eigenvalue weighted by atomic mass is 32.1. The zero-order valence-corrected chi connectivity index (χ0v) is 10.4. The van der Waals surface area contributed by atoms with E-state index >= 15 is 0 Å². The minimum absolute atomic E-state index is 1.03. The number of aryl methyl sites for hydroxylation is 2. The van der Waals surface area contributed by atoms with Gasteiger partial charge in [-0.1, -0.05) is 0 Å². The van der Waals surface area contributed by atoms with Crippen molar-refractivity contribution in [2.75, 3.05) is 26.2 Å². The molecule has 1 N–H and O–H groups in total. The van der Waals surface area contributed by atoms with Gasteiger partial charge in [0.05, 0.1) is 12.2 Å². The molecule has 0 aromatic carbocycles.